The highest BCUT2D eigenvalue weighted by molar-refractivity contribution is 5.76. The predicted octanol–water partition coefficient (Wildman–Crippen LogP) is 0.909. The van der Waals surface area contributed by atoms with Crippen LogP contribution in [0.1, 0.15) is 27.7 Å². The SMILES string of the molecule is CC(N)/C=N\OC(=O)C(C)(C)C. The molecule has 0 rings (SSSR count). The molecule has 0 saturated heterocycles. The molecule has 1 unspecified atom stereocenters. The van der Waals surface area contributed by atoms with E-state index in [1.54, 1.807) is 27.7 Å². The fraction of sp³-hybridized carbons (Fsp3) is 0.750. The summed E-state index contributed by atoms with van der Waals surface area (Å²) >= 11 is 0. The molecule has 0 aliphatic heterocycles. The summed E-state index contributed by atoms with van der Waals surface area (Å²) in [5, 5.41) is 3.44. The molecular formula is C8H16N2O2. The number of nitrogens with zero attached hydrogens (tertiary/aromatic N) is 1. The van der Waals surface area contributed by atoms with Crippen LogP contribution >= 0.6 is 0 Å². The van der Waals surface area contributed by atoms with Crippen LogP contribution in [-0.4, -0.2) is 18.2 Å². The fourth-order valence-corrected chi connectivity index (χ4v) is 0.311. The van der Waals surface area contributed by atoms with Gasteiger partial charge in [0.15, 0.2) is 0 Å². The smallest absolute Gasteiger partial charge is 0.323 e. The monoisotopic (exact) mass is 172 g/mol. The maximum absolute atomic E-state index is 11.1. The van der Waals surface area contributed by atoms with Crippen molar-refractivity contribution < 1.29 is 9.63 Å². The van der Waals surface area contributed by atoms with Crippen molar-refractivity contribution in [1.82, 2.24) is 0 Å². The van der Waals surface area contributed by atoms with Gasteiger partial charge in [0.25, 0.3) is 0 Å². The number of nitrogens with two attached hydrogens (primary N) is 1. The minimum absolute atomic E-state index is 0.197. The molecule has 2 N–H and O–H groups in total. The summed E-state index contributed by atoms with van der Waals surface area (Å²) in [5.41, 5.74) is 4.83. The largest absolute Gasteiger partial charge is 0.340 e. The van der Waals surface area contributed by atoms with Gasteiger partial charge in [0.05, 0.1) is 11.6 Å². The standard InChI is InChI=1S/C8H16N2O2/c1-6(9)5-10-12-7(11)8(2,3)4/h5-6H,9H2,1-4H3/b10-5-. The van der Waals surface area contributed by atoms with Gasteiger partial charge >= 0.3 is 5.97 Å². The summed E-state index contributed by atoms with van der Waals surface area (Å²) in [6, 6.07) is -0.197. The van der Waals surface area contributed by atoms with Gasteiger partial charge in [-0.2, -0.15) is 0 Å². The maximum Gasteiger partial charge on any atom is 0.340 e. The van der Waals surface area contributed by atoms with Gasteiger partial charge in [0.2, 0.25) is 0 Å². The first-order chi connectivity index (χ1) is 5.34. The first-order valence-electron chi connectivity index (χ1n) is 3.84. The Bertz CT molecular complexity index is 180. The molecule has 0 aliphatic carbocycles. The third kappa shape index (κ3) is 4.85. The molecule has 0 amide bonds. The van der Waals surface area contributed by atoms with Crippen LogP contribution in [0.2, 0.25) is 0 Å². The predicted molar refractivity (Wildman–Crippen MR) is 47.7 cm³/mol. The third-order valence-electron chi connectivity index (χ3n) is 1.04. The van der Waals surface area contributed by atoms with Crippen LogP contribution < -0.4 is 5.73 Å². The molecule has 0 bridgehead atoms. The van der Waals surface area contributed by atoms with Crippen LogP contribution in [0.25, 0.3) is 0 Å². The number of carbonyl (C=O) groups excluding carboxylic acids is 1. The molecule has 0 aromatic rings. The Kier molecular flexibility index (Phi) is 3.89. The van der Waals surface area contributed by atoms with Crippen molar-refractivity contribution in [2.75, 3.05) is 0 Å². The molecule has 1 atom stereocenters. The van der Waals surface area contributed by atoms with Crippen LogP contribution in [0.15, 0.2) is 5.16 Å². The van der Waals surface area contributed by atoms with Crippen molar-refractivity contribution in [1.29, 1.82) is 0 Å². The second kappa shape index (κ2) is 4.21. The van der Waals surface area contributed by atoms with Crippen molar-refractivity contribution in [3.8, 4) is 0 Å². The van der Waals surface area contributed by atoms with Gasteiger partial charge in [0, 0.05) is 6.04 Å². The van der Waals surface area contributed by atoms with Gasteiger partial charge in [-0.1, -0.05) is 5.16 Å². The topological polar surface area (TPSA) is 64.7 Å². The van der Waals surface area contributed by atoms with Gasteiger partial charge in [-0.25, -0.2) is 4.79 Å². The normalized spacial score (nSPS) is 14.8. The molecule has 0 aliphatic rings. The average molecular weight is 172 g/mol. The number of hydrogen-bond donors (Lipinski definition) is 1. The maximum atomic E-state index is 11.1. The number of rotatable bonds is 2. The summed E-state index contributed by atoms with van der Waals surface area (Å²) < 4.78 is 0. The zero-order valence-corrected chi connectivity index (χ0v) is 8.00. The van der Waals surface area contributed by atoms with Crippen LogP contribution in [0.3, 0.4) is 0 Å². The van der Waals surface area contributed by atoms with E-state index in [-0.39, 0.29) is 12.0 Å². The lowest BCUT2D eigenvalue weighted by Gasteiger charge is -2.12. The summed E-state index contributed by atoms with van der Waals surface area (Å²) in [6.45, 7) is 7.03. The Morgan fingerprint density at radius 2 is 2.08 bits per heavy atom. The Balaban J connectivity index is 3.88. The molecule has 0 radical (unpaired) electrons. The first kappa shape index (κ1) is 11.1. The number of carbonyl (C=O) groups is 1. The number of hydrogen-bond acceptors (Lipinski definition) is 4. The van der Waals surface area contributed by atoms with E-state index in [1.165, 1.54) is 6.21 Å². The minimum Gasteiger partial charge on any atom is -0.323 e. The molecule has 4 nitrogen and oxygen atoms in total. The van der Waals surface area contributed by atoms with E-state index in [0.29, 0.717) is 0 Å². The molecule has 70 valence electrons. The molecule has 0 fully saturated rings. The van der Waals surface area contributed by atoms with Gasteiger partial charge < -0.3 is 10.6 Å². The highest BCUT2D eigenvalue weighted by atomic mass is 16.7. The molecule has 0 saturated carbocycles. The summed E-state index contributed by atoms with van der Waals surface area (Å²) in [5.74, 6) is -0.362. The van der Waals surface area contributed by atoms with E-state index in [9.17, 15) is 4.79 Å². The lowest BCUT2D eigenvalue weighted by atomic mass is 9.98. The van der Waals surface area contributed by atoms with Gasteiger partial charge in [-0.15, -0.1) is 0 Å². The van der Waals surface area contributed by atoms with Crippen molar-refractivity contribution in [2.24, 2.45) is 16.3 Å². The molecular weight excluding hydrogens is 156 g/mol. The van der Waals surface area contributed by atoms with E-state index in [4.69, 9.17) is 5.73 Å². The Labute approximate surface area is 72.8 Å². The van der Waals surface area contributed by atoms with Crippen LogP contribution in [-0.2, 0) is 9.63 Å². The molecule has 0 heterocycles. The third-order valence-corrected chi connectivity index (χ3v) is 1.04. The van der Waals surface area contributed by atoms with E-state index < -0.39 is 5.41 Å². The fourth-order valence-electron chi connectivity index (χ4n) is 0.311. The highest BCUT2D eigenvalue weighted by Crippen LogP contribution is 2.14. The number of oxime groups is 1. The second-order valence-electron chi connectivity index (χ2n) is 3.74. The van der Waals surface area contributed by atoms with E-state index in [0.717, 1.165) is 0 Å². The van der Waals surface area contributed by atoms with Crippen molar-refractivity contribution in [3.63, 3.8) is 0 Å². The van der Waals surface area contributed by atoms with Crippen molar-refractivity contribution in [2.45, 2.75) is 33.7 Å². The van der Waals surface area contributed by atoms with Crippen LogP contribution in [0.5, 0.6) is 0 Å². The Morgan fingerprint density at radius 3 is 2.42 bits per heavy atom. The van der Waals surface area contributed by atoms with E-state index in [1.807, 2.05) is 0 Å². The molecule has 0 aromatic carbocycles. The van der Waals surface area contributed by atoms with Crippen LogP contribution in [0, 0.1) is 5.41 Å². The van der Waals surface area contributed by atoms with E-state index >= 15 is 0 Å². The van der Waals surface area contributed by atoms with Crippen molar-refractivity contribution in [3.05, 3.63) is 0 Å². The lowest BCUT2D eigenvalue weighted by Crippen LogP contribution is -2.22. The molecule has 4 heteroatoms. The second-order valence-corrected chi connectivity index (χ2v) is 3.74. The van der Waals surface area contributed by atoms with Gasteiger partial charge in [-0.3, -0.25) is 0 Å². The molecule has 0 spiro atoms. The highest BCUT2D eigenvalue weighted by Gasteiger charge is 2.23. The van der Waals surface area contributed by atoms with Gasteiger partial charge in [0.1, 0.15) is 0 Å². The van der Waals surface area contributed by atoms with E-state index in [2.05, 4.69) is 9.99 Å². The van der Waals surface area contributed by atoms with Crippen molar-refractivity contribution >= 4 is 12.2 Å². The average Bonchev–Trinajstić information content (AvgIpc) is 1.84. The zero-order chi connectivity index (χ0) is 9.78. The molecule has 12 heavy (non-hydrogen) atoms. The van der Waals surface area contributed by atoms with Crippen LogP contribution in [0.4, 0.5) is 0 Å². The summed E-state index contributed by atoms with van der Waals surface area (Å²) in [6.07, 6.45) is 1.38. The lowest BCUT2D eigenvalue weighted by molar-refractivity contribution is -0.152. The Hall–Kier alpha value is -0.900. The molecule has 0 aromatic heterocycles. The summed E-state index contributed by atoms with van der Waals surface area (Å²) in [4.78, 5) is 15.6. The summed E-state index contributed by atoms with van der Waals surface area (Å²) in [7, 11) is 0. The van der Waals surface area contributed by atoms with Gasteiger partial charge in [-0.05, 0) is 27.7 Å². The minimum atomic E-state index is -0.519. The Morgan fingerprint density at radius 1 is 1.58 bits per heavy atom. The zero-order valence-electron chi connectivity index (χ0n) is 8.00. The first-order valence-corrected chi connectivity index (χ1v) is 3.84. The quantitative estimate of drug-likeness (QED) is 0.382.